The van der Waals surface area contributed by atoms with Crippen LogP contribution in [0.1, 0.15) is 49.8 Å². The minimum Gasteiger partial charge on any atom is -0.328 e. The summed E-state index contributed by atoms with van der Waals surface area (Å²) in [5, 5.41) is 3.72. The second kappa shape index (κ2) is 5.65. The molecule has 2 heteroatoms. The van der Waals surface area contributed by atoms with Crippen molar-refractivity contribution in [3.8, 4) is 0 Å². The van der Waals surface area contributed by atoms with Crippen LogP contribution in [0, 0.1) is 6.92 Å². The molecule has 0 spiro atoms. The van der Waals surface area contributed by atoms with Crippen LogP contribution in [0.25, 0.3) is 0 Å². The standard InChI is InChI=1S/C15H24N2/c1-11-3-5-13(6-4-11)12(2)17-15-9-7-14(16)8-10-15/h3-6,12,14-15,17H,7-10,16H2,1-2H3/t12-,14?,15?/m0/s1. The van der Waals surface area contributed by atoms with Crippen LogP contribution in [0.2, 0.25) is 0 Å². The number of benzene rings is 1. The predicted octanol–water partition coefficient (Wildman–Crippen LogP) is 2.92. The van der Waals surface area contributed by atoms with Gasteiger partial charge in [-0.2, -0.15) is 0 Å². The number of hydrogen-bond acceptors (Lipinski definition) is 2. The van der Waals surface area contributed by atoms with Crippen LogP contribution in [0.4, 0.5) is 0 Å². The Morgan fingerprint density at radius 1 is 1.12 bits per heavy atom. The molecule has 0 amide bonds. The Morgan fingerprint density at radius 2 is 1.71 bits per heavy atom. The molecule has 1 aromatic carbocycles. The topological polar surface area (TPSA) is 38.0 Å². The zero-order valence-electron chi connectivity index (χ0n) is 10.9. The van der Waals surface area contributed by atoms with Crippen molar-refractivity contribution in [3.05, 3.63) is 35.4 Å². The highest BCUT2D eigenvalue weighted by atomic mass is 14.9. The molecule has 94 valence electrons. The van der Waals surface area contributed by atoms with Gasteiger partial charge in [-0.05, 0) is 45.1 Å². The number of rotatable bonds is 3. The first-order chi connectivity index (χ1) is 8.15. The molecule has 0 aromatic heterocycles. The van der Waals surface area contributed by atoms with Gasteiger partial charge in [-0.1, -0.05) is 29.8 Å². The van der Waals surface area contributed by atoms with Gasteiger partial charge in [0.05, 0.1) is 0 Å². The predicted molar refractivity (Wildman–Crippen MR) is 73.0 cm³/mol. The Kier molecular flexibility index (Phi) is 4.19. The number of nitrogens with one attached hydrogen (secondary N) is 1. The maximum absolute atomic E-state index is 5.93. The van der Waals surface area contributed by atoms with Crippen molar-refractivity contribution in [2.45, 2.75) is 57.7 Å². The molecule has 17 heavy (non-hydrogen) atoms. The SMILES string of the molecule is Cc1ccc([C@H](C)NC2CCC(N)CC2)cc1. The molecule has 0 aliphatic heterocycles. The van der Waals surface area contributed by atoms with Crippen LogP contribution in [0.5, 0.6) is 0 Å². The number of hydrogen-bond donors (Lipinski definition) is 2. The van der Waals surface area contributed by atoms with Gasteiger partial charge in [0.2, 0.25) is 0 Å². The lowest BCUT2D eigenvalue weighted by molar-refractivity contribution is 0.322. The molecular weight excluding hydrogens is 208 g/mol. The summed E-state index contributed by atoms with van der Waals surface area (Å²) in [7, 11) is 0. The van der Waals surface area contributed by atoms with Gasteiger partial charge in [-0.25, -0.2) is 0 Å². The zero-order valence-corrected chi connectivity index (χ0v) is 10.9. The molecule has 1 aliphatic carbocycles. The van der Waals surface area contributed by atoms with Crippen LogP contribution in [0.3, 0.4) is 0 Å². The average Bonchev–Trinajstić information content (AvgIpc) is 2.33. The summed E-state index contributed by atoms with van der Waals surface area (Å²) in [6.45, 7) is 4.38. The lowest BCUT2D eigenvalue weighted by atomic mass is 9.91. The quantitative estimate of drug-likeness (QED) is 0.841. The first-order valence-electron chi connectivity index (χ1n) is 6.73. The molecule has 0 saturated heterocycles. The van der Waals surface area contributed by atoms with Gasteiger partial charge in [-0.15, -0.1) is 0 Å². The first kappa shape index (κ1) is 12.6. The van der Waals surface area contributed by atoms with E-state index in [1.54, 1.807) is 0 Å². The van der Waals surface area contributed by atoms with Gasteiger partial charge >= 0.3 is 0 Å². The molecule has 2 nitrogen and oxygen atoms in total. The fourth-order valence-electron chi connectivity index (χ4n) is 2.59. The maximum Gasteiger partial charge on any atom is 0.0294 e. The maximum atomic E-state index is 5.93. The second-order valence-corrected chi connectivity index (χ2v) is 5.41. The van der Waals surface area contributed by atoms with Gasteiger partial charge in [0.15, 0.2) is 0 Å². The molecule has 1 fully saturated rings. The average molecular weight is 232 g/mol. The molecule has 0 heterocycles. The second-order valence-electron chi connectivity index (χ2n) is 5.41. The smallest absolute Gasteiger partial charge is 0.0294 e. The zero-order chi connectivity index (χ0) is 12.3. The summed E-state index contributed by atoms with van der Waals surface area (Å²) in [6, 6.07) is 10.3. The monoisotopic (exact) mass is 232 g/mol. The van der Waals surface area contributed by atoms with Crippen molar-refractivity contribution >= 4 is 0 Å². The van der Waals surface area contributed by atoms with Gasteiger partial charge < -0.3 is 11.1 Å². The van der Waals surface area contributed by atoms with Gasteiger partial charge in [0, 0.05) is 18.1 Å². The largest absolute Gasteiger partial charge is 0.328 e. The van der Waals surface area contributed by atoms with E-state index in [-0.39, 0.29) is 0 Å². The summed E-state index contributed by atoms with van der Waals surface area (Å²) < 4.78 is 0. The van der Waals surface area contributed by atoms with Crippen LogP contribution in [-0.4, -0.2) is 12.1 Å². The highest BCUT2D eigenvalue weighted by Gasteiger charge is 2.19. The van der Waals surface area contributed by atoms with Crippen LogP contribution >= 0.6 is 0 Å². The Hall–Kier alpha value is -0.860. The van der Waals surface area contributed by atoms with E-state index in [0.717, 1.165) is 12.8 Å². The molecule has 1 saturated carbocycles. The minimum absolute atomic E-state index is 0.433. The highest BCUT2D eigenvalue weighted by molar-refractivity contribution is 5.23. The van der Waals surface area contributed by atoms with Crippen molar-refractivity contribution in [2.75, 3.05) is 0 Å². The van der Waals surface area contributed by atoms with E-state index in [0.29, 0.717) is 18.1 Å². The third kappa shape index (κ3) is 3.55. The van der Waals surface area contributed by atoms with Crippen molar-refractivity contribution in [1.82, 2.24) is 5.32 Å². The summed E-state index contributed by atoms with van der Waals surface area (Å²) >= 11 is 0. The summed E-state index contributed by atoms with van der Waals surface area (Å²) in [6.07, 6.45) is 4.77. The molecule has 1 atom stereocenters. The first-order valence-corrected chi connectivity index (χ1v) is 6.73. The van der Waals surface area contributed by atoms with Crippen molar-refractivity contribution in [3.63, 3.8) is 0 Å². The summed E-state index contributed by atoms with van der Waals surface area (Å²) in [4.78, 5) is 0. The Bertz CT molecular complexity index is 336. The van der Waals surface area contributed by atoms with E-state index in [1.807, 2.05) is 0 Å². The van der Waals surface area contributed by atoms with Gasteiger partial charge in [0.25, 0.3) is 0 Å². The van der Waals surface area contributed by atoms with Crippen LogP contribution in [-0.2, 0) is 0 Å². The number of nitrogens with two attached hydrogens (primary N) is 1. The van der Waals surface area contributed by atoms with E-state index < -0.39 is 0 Å². The molecule has 0 radical (unpaired) electrons. The third-order valence-electron chi connectivity index (χ3n) is 3.83. The van der Waals surface area contributed by atoms with Crippen LogP contribution in [0.15, 0.2) is 24.3 Å². The number of aryl methyl sites for hydroxylation is 1. The van der Waals surface area contributed by atoms with E-state index in [2.05, 4.69) is 43.4 Å². The van der Waals surface area contributed by atoms with Crippen molar-refractivity contribution in [2.24, 2.45) is 5.73 Å². The summed E-state index contributed by atoms with van der Waals surface area (Å²) in [5.74, 6) is 0. The van der Waals surface area contributed by atoms with E-state index in [9.17, 15) is 0 Å². The molecule has 0 unspecified atom stereocenters. The summed E-state index contributed by atoms with van der Waals surface area (Å²) in [5.41, 5.74) is 8.63. The van der Waals surface area contributed by atoms with E-state index >= 15 is 0 Å². The Labute approximate surface area is 105 Å². The van der Waals surface area contributed by atoms with Gasteiger partial charge in [0.1, 0.15) is 0 Å². The molecule has 1 aromatic rings. The van der Waals surface area contributed by atoms with Crippen molar-refractivity contribution < 1.29 is 0 Å². The molecule has 2 rings (SSSR count). The van der Waals surface area contributed by atoms with Gasteiger partial charge in [-0.3, -0.25) is 0 Å². The van der Waals surface area contributed by atoms with E-state index in [1.165, 1.54) is 24.0 Å². The minimum atomic E-state index is 0.433. The molecule has 0 bridgehead atoms. The lowest BCUT2D eigenvalue weighted by Gasteiger charge is -2.29. The molecular formula is C15H24N2. The molecule has 3 N–H and O–H groups in total. The normalized spacial score (nSPS) is 26.8. The third-order valence-corrected chi connectivity index (χ3v) is 3.83. The lowest BCUT2D eigenvalue weighted by Crippen LogP contribution is -2.38. The Balaban J connectivity index is 1.88. The highest BCUT2D eigenvalue weighted by Crippen LogP contribution is 2.21. The van der Waals surface area contributed by atoms with Crippen LogP contribution < -0.4 is 11.1 Å². The molecule has 1 aliphatic rings. The fraction of sp³-hybridized carbons (Fsp3) is 0.600. The fourth-order valence-corrected chi connectivity index (χ4v) is 2.59. The Morgan fingerprint density at radius 3 is 2.29 bits per heavy atom. The van der Waals surface area contributed by atoms with Crippen molar-refractivity contribution in [1.29, 1.82) is 0 Å². The van der Waals surface area contributed by atoms with E-state index in [4.69, 9.17) is 5.73 Å².